The Balaban J connectivity index is 1.35. The molecule has 1 aromatic heterocycles. The monoisotopic (exact) mass is 352 g/mol. The van der Waals surface area contributed by atoms with E-state index in [4.69, 9.17) is 4.74 Å². The molecule has 2 aliphatic rings. The third-order valence-electron chi connectivity index (χ3n) is 5.39. The van der Waals surface area contributed by atoms with Gasteiger partial charge in [0.25, 0.3) is 5.91 Å². The molecule has 2 aliphatic heterocycles. The van der Waals surface area contributed by atoms with Crippen LogP contribution < -0.4 is 9.64 Å². The second-order valence-electron chi connectivity index (χ2n) is 7.24. The van der Waals surface area contributed by atoms with Crippen LogP contribution in [0.15, 0.2) is 48.8 Å². The Bertz CT molecular complexity index is 740. The molecule has 0 radical (unpaired) electrons. The number of benzene rings is 1. The summed E-state index contributed by atoms with van der Waals surface area (Å²) >= 11 is 0. The SMILES string of the molecule is O=C(COc1ccccc1)N1CCC2(CCCN(c3ncccn3)C2)C1. The van der Waals surface area contributed by atoms with E-state index in [0.29, 0.717) is 0 Å². The summed E-state index contributed by atoms with van der Waals surface area (Å²) in [5, 5.41) is 0. The van der Waals surface area contributed by atoms with Crippen molar-refractivity contribution in [2.24, 2.45) is 5.41 Å². The van der Waals surface area contributed by atoms with Gasteiger partial charge >= 0.3 is 0 Å². The van der Waals surface area contributed by atoms with E-state index in [9.17, 15) is 4.79 Å². The highest BCUT2D eigenvalue weighted by Crippen LogP contribution is 2.39. The minimum absolute atomic E-state index is 0.0683. The van der Waals surface area contributed by atoms with Gasteiger partial charge in [0.15, 0.2) is 6.61 Å². The molecule has 2 fully saturated rings. The van der Waals surface area contributed by atoms with Gasteiger partial charge in [0.05, 0.1) is 0 Å². The quantitative estimate of drug-likeness (QED) is 0.845. The number of piperidine rings is 1. The van der Waals surface area contributed by atoms with Crippen LogP contribution in [-0.4, -0.2) is 53.6 Å². The molecule has 0 N–H and O–H groups in total. The zero-order chi connectivity index (χ0) is 17.8. The van der Waals surface area contributed by atoms with E-state index >= 15 is 0 Å². The number of ether oxygens (including phenoxy) is 1. The maximum absolute atomic E-state index is 12.6. The van der Waals surface area contributed by atoms with Crippen LogP contribution in [0.4, 0.5) is 5.95 Å². The Morgan fingerprint density at radius 3 is 2.65 bits per heavy atom. The van der Waals surface area contributed by atoms with Gasteiger partial charge in [-0.15, -0.1) is 0 Å². The molecule has 2 aromatic rings. The molecule has 4 rings (SSSR count). The highest BCUT2D eigenvalue weighted by molar-refractivity contribution is 5.78. The Morgan fingerprint density at radius 1 is 1.04 bits per heavy atom. The summed E-state index contributed by atoms with van der Waals surface area (Å²) in [5.41, 5.74) is 0.153. The van der Waals surface area contributed by atoms with Crippen LogP contribution >= 0.6 is 0 Å². The standard InChI is InChI=1S/C20H24N4O2/c25-18(14-26-17-6-2-1-3-7-17)23-13-9-20(15-23)8-4-12-24(16-20)19-21-10-5-11-22-19/h1-3,5-7,10-11H,4,8-9,12-16H2. The molecule has 0 saturated carbocycles. The molecule has 0 bridgehead atoms. The number of para-hydroxylation sites is 1. The summed E-state index contributed by atoms with van der Waals surface area (Å²) in [7, 11) is 0. The Morgan fingerprint density at radius 2 is 1.85 bits per heavy atom. The molecular formula is C20H24N4O2. The molecule has 1 spiro atoms. The van der Waals surface area contributed by atoms with Crippen molar-refractivity contribution < 1.29 is 9.53 Å². The number of anilines is 1. The molecule has 1 unspecified atom stereocenters. The number of amides is 1. The number of carbonyl (C=O) groups is 1. The van der Waals surface area contributed by atoms with Crippen molar-refractivity contribution in [3.8, 4) is 5.75 Å². The minimum Gasteiger partial charge on any atom is -0.484 e. The van der Waals surface area contributed by atoms with Gasteiger partial charge in [-0.1, -0.05) is 18.2 Å². The Kier molecular flexibility index (Phi) is 4.73. The normalized spacial score (nSPS) is 22.6. The average Bonchev–Trinajstić information content (AvgIpc) is 3.11. The first-order chi connectivity index (χ1) is 12.7. The second-order valence-corrected chi connectivity index (χ2v) is 7.24. The number of aromatic nitrogens is 2. The molecule has 136 valence electrons. The summed E-state index contributed by atoms with van der Waals surface area (Å²) < 4.78 is 5.62. The van der Waals surface area contributed by atoms with E-state index in [0.717, 1.165) is 57.1 Å². The van der Waals surface area contributed by atoms with Gasteiger partial charge < -0.3 is 14.5 Å². The molecule has 3 heterocycles. The van der Waals surface area contributed by atoms with Gasteiger partial charge in [-0.05, 0) is 37.5 Å². The van der Waals surface area contributed by atoms with Gasteiger partial charge in [0.1, 0.15) is 5.75 Å². The lowest BCUT2D eigenvalue weighted by Gasteiger charge is -2.40. The third-order valence-corrected chi connectivity index (χ3v) is 5.39. The number of hydrogen-bond donors (Lipinski definition) is 0. The Labute approximate surface area is 153 Å². The van der Waals surface area contributed by atoms with E-state index in [1.165, 1.54) is 0 Å². The molecule has 2 saturated heterocycles. The Hall–Kier alpha value is -2.63. The number of nitrogens with zero attached hydrogens (tertiary/aromatic N) is 4. The molecule has 0 aliphatic carbocycles. The molecule has 26 heavy (non-hydrogen) atoms. The zero-order valence-corrected chi connectivity index (χ0v) is 14.9. The first-order valence-corrected chi connectivity index (χ1v) is 9.22. The molecule has 6 nitrogen and oxygen atoms in total. The summed E-state index contributed by atoms with van der Waals surface area (Å²) in [6.45, 7) is 3.61. The van der Waals surface area contributed by atoms with Crippen molar-refractivity contribution in [1.29, 1.82) is 0 Å². The highest BCUT2D eigenvalue weighted by atomic mass is 16.5. The fraction of sp³-hybridized carbons (Fsp3) is 0.450. The summed E-state index contributed by atoms with van der Waals surface area (Å²) in [5.74, 6) is 1.60. The van der Waals surface area contributed by atoms with Crippen LogP contribution in [0.25, 0.3) is 0 Å². The third kappa shape index (κ3) is 3.64. The lowest BCUT2D eigenvalue weighted by Crippen LogP contribution is -2.46. The maximum Gasteiger partial charge on any atom is 0.260 e. The largest absolute Gasteiger partial charge is 0.484 e. The topological polar surface area (TPSA) is 58.6 Å². The van der Waals surface area contributed by atoms with E-state index in [1.54, 1.807) is 12.4 Å². The van der Waals surface area contributed by atoms with Crippen molar-refractivity contribution in [3.05, 3.63) is 48.8 Å². The van der Waals surface area contributed by atoms with Crippen molar-refractivity contribution in [2.75, 3.05) is 37.7 Å². The van der Waals surface area contributed by atoms with E-state index in [-0.39, 0.29) is 17.9 Å². The van der Waals surface area contributed by atoms with Crippen molar-refractivity contribution in [1.82, 2.24) is 14.9 Å². The number of rotatable bonds is 4. The maximum atomic E-state index is 12.6. The molecule has 1 aromatic carbocycles. The predicted octanol–water partition coefficient (Wildman–Crippen LogP) is 2.37. The van der Waals surface area contributed by atoms with Crippen molar-refractivity contribution >= 4 is 11.9 Å². The fourth-order valence-corrected chi connectivity index (χ4v) is 4.07. The van der Waals surface area contributed by atoms with Crippen molar-refractivity contribution in [2.45, 2.75) is 19.3 Å². The molecule has 1 amide bonds. The van der Waals surface area contributed by atoms with Crippen LogP contribution in [0.1, 0.15) is 19.3 Å². The average molecular weight is 352 g/mol. The van der Waals surface area contributed by atoms with Crippen molar-refractivity contribution in [3.63, 3.8) is 0 Å². The van der Waals surface area contributed by atoms with Gasteiger partial charge in [0.2, 0.25) is 5.95 Å². The van der Waals surface area contributed by atoms with Crippen LogP contribution in [0.3, 0.4) is 0 Å². The van der Waals surface area contributed by atoms with Crippen LogP contribution in [0.2, 0.25) is 0 Å². The lowest BCUT2D eigenvalue weighted by molar-refractivity contribution is -0.132. The second kappa shape index (κ2) is 7.32. The summed E-state index contributed by atoms with van der Waals surface area (Å²) in [6.07, 6.45) is 6.87. The van der Waals surface area contributed by atoms with E-state index in [1.807, 2.05) is 41.3 Å². The fourth-order valence-electron chi connectivity index (χ4n) is 4.07. The van der Waals surface area contributed by atoms with Crippen LogP contribution in [0.5, 0.6) is 5.75 Å². The summed E-state index contributed by atoms with van der Waals surface area (Å²) in [6, 6.07) is 11.3. The highest BCUT2D eigenvalue weighted by Gasteiger charge is 2.43. The number of hydrogen-bond acceptors (Lipinski definition) is 5. The smallest absolute Gasteiger partial charge is 0.260 e. The van der Waals surface area contributed by atoms with E-state index in [2.05, 4.69) is 14.9 Å². The minimum atomic E-state index is 0.0683. The van der Waals surface area contributed by atoms with Gasteiger partial charge in [-0.3, -0.25) is 4.79 Å². The number of likely N-dealkylation sites (tertiary alicyclic amines) is 1. The first-order valence-electron chi connectivity index (χ1n) is 9.22. The van der Waals surface area contributed by atoms with Gasteiger partial charge in [-0.2, -0.15) is 0 Å². The lowest BCUT2D eigenvalue weighted by atomic mass is 9.79. The number of carbonyl (C=O) groups excluding carboxylic acids is 1. The van der Waals surface area contributed by atoms with E-state index < -0.39 is 0 Å². The molecule has 6 heteroatoms. The van der Waals surface area contributed by atoms with Crippen LogP contribution in [0, 0.1) is 5.41 Å². The van der Waals surface area contributed by atoms with Crippen LogP contribution in [-0.2, 0) is 4.79 Å². The van der Waals surface area contributed by atoms with Gasteiger partial charge in [0, 0.05) is 44.0 Å². The summed E-state index contributed by atoms with van der Waals surface area (Å²) in [4.78, 5) is 25.6. The van der Waals surface area contributed by atoms with Gasteiger partial charge in [-0.25, -0.2) is 9.97 Å². The zero-order valence-electron chi connectivity index (χ0n) is 14.9. The predicted molar refractivity (Wildman–Crippen MR) is 99.0 cm³/mol. The molecule has 1 atom stereocenters. The first kappa shape index (κ1) is 16.8. The molecular weight excluding hydrogens is 328 g/mol.